The number of fused-ring (bicyclic) bond motifs is 7. The Hall–Kier alpha value is -3.15. The third-order valence-electron chi connectivity index (χ3n) is 13.3. The van der Waals surface area contributed by atoms with E-state index in [1.807, 2.05) is 42.5 Å². The van der Waals surface area contributed by atoms with E-state index in [2.05, 4.69) is 57.2 Å². The number of carbonyl (C=O) groups is 2. The van der Waals surface area contributed by atoms with Gasteiger partial charge < -0.3 is 15.6 Å². The molecule has 9 rings (SSSR count). The van der Waals surface area contributed by atoms with Crippen LogP contribution in [0.4, 0.5) is 0 Å². The van der Waals surface area contributed by atoms with Crippen molar-refractivity contribution in [3.05, 3.63) is 53.6 Å². The standard InChI is InChI=1S/C37H48N4O2/c1-34(2)20-22-13-15-36(34,5)29(17-22)40-32(42)25-9-7-24(8-10-25)31-38-27-12-11-26(19-28(27)39-31)33(43)41-30-18-23-14-16-37(30,6)35(3,4)21-23/h7-12,19,22-23,29-30H,13-18,20-21H2,1-6H3,(H,38,39)(H,40,42)(H,41,43). The van der Waals surface area contributed by atoms with E-state index in [1.54, 1.807) is 0 Å². The maximum Gasteiger partial charge on any atom is 0.251 e. The zero-order chi connectivity index (χ0) is 30.4. The predicted molar refractivity (Wildman–Crippen MR) is 172 cm³/mol. The highest BCUT2D eigenvalue weighted by Crippen LogP contribution is 2.61. The number of H-pyrrole nitrogens is 1. The topological polar surface area (TPSA) is 86.9 Å². The summed E-state index contributed by atoms with van der Waals surface area (Å²) in [6, 6.07) is 13.8. The maximum absolute atomic E-state index is 13.4. The second kappa shape index (κ2) is 9.67. The number of aromatic nitrogens is 2. The largest absolute Gasteiger partial charge is 0.349 e. The highest BCUT2D eigenvalue weighted by Gasteiger charge is 2.56. The van der Waals surface area contributed by atoms with Crippen LogP contribution in [-0.4, -0.2) is 33.9 Å². The number of hydrogen-bond donors (Lipinski definition) is 3. The van der Waals surface area contributed by atoms with Crippen molar-refractivity contribution in [1.82, 2.24) is 20.6 Å². The number of aromatic amines is 1. The molecule has 0 spiro atoms. The Kier molecular flexibility index (Phi) is 6.44. The van der Waals surface area contributed by atoms with Crippen LogP contribution in [0.3, 0.4) is 0 Å². The van der Waals surface area contributed by atoms with Crippen LogP contribution < -0.4 is 10.6 Å². The lowest BCUT2D eigenvalue weighted by Gasteiger charge is -2.60. The first-order valence-corrected chi connectivity index (χ1v) is 16.5. The van der Waals surface area contributed by atoms with Gasteiger partial charge in [0.05, 0.1) is 11.0 Å². The molecule has 2 aromatic carbocycles. The highest BCUT2D eigenvalue weighted by atomic mass is 16.2. The van der Waals surface area contributed by atoms with Crippen molar-refractivity contribution in [3.63, 3.8) is 0 Å². The maximum atomic E-state index is 13.4. The molecule has 6 heteroatoms. The summed E-state index contributed by atoms with van der Waals surface area (Å²) in [7, 11) is 0. The smallest absolute Gasteiger partial charge is 0.251 e. The van der Waals surface area contributed by atoms with E-state index in [0.29, 0.717) is 23.0 Å². The van der Waals surface area contributed by atoms with Gasteiger partial charge in [-0.05, 0) is 115 Å². The second-order valence-electron chi connectivity index (χ2n) is 16.2. The quantitative estimate of drug-likeness (QED) is 0.287. The summed E-state index contributed by atoms with van der Waals surface area (Å²) in [5, 5.41) is 6.82. The SMILES string of the molecule is CC1(C)CC2CCC1(C)C(NC(=O)c1ccc(-c3nc4cc(C(=O)NC5CC6CCC5(C)C(C)(C)C6)ccc4[nH]3)cc1)C2. The van der Waals surface area contributed by atoms with Gasteiger partial charge in [0.2, 0.25) is 0 Å². The Labute approximate surface area is 256 Å². The number of carbonyl (C=O) groups excluding carboxylic acids is 2. The van der Waals surface area contributed by atoms with Crippen molar-refractivity contribution in [2.45, 2.75) is 105 Å². The average Bonchev–Trinajstić information content (AvgIpc) is 3.38. The third-order valence-corrected chi connectivity index (χ3v) is 13.3. The van der Waals surface area contributed by atoms with E-state index in [1.165, 1.54) is 38.5 Å². The molecule has 0 aliphatic heterocycles. The molecule has 6 nitrogen and oxygen atoms in total. The third kappa shape index (κ3) is 4.54. The Morgan fingerprint density at radius 2 is 1.26 bits per heavy atom. The molecule has 6 atom stereocenters. The van der Waals surface area contributed by atoms with Gasteiger partial charge in [-0.2, -0.15) is 0 Å². The van der Waals surface area contributed by atoms with Crippen molar-refractivity contribution in [3.8, 4) is 11.4 Å². The molecule has 0 saturated heterocycles. The average molecular weight is 581 g/mol. The molecule has 0 radical (unpaired) electrons. The minimum atomic E-state index is -0.0141. The van der Waals surface area contributed by atoms with E-state index >= 15 is 0 Å². The second-order valence-corrected chi connectivity index (χ2v) is 16.2. The van der Waals surface area contributed by atoms with Gasteiger partial charge in [-0.25, -0.2) is 4.98 Å². The molecule has 3 aromatic rings. The molecule has 3 N–H and O–H groups in total. The monoisotopic (exact) mass is 580 g/mol. The minimum Gasteiger partial charge on any atom is -0.349 e. The Balaban J connectivity index is 1.04. The number of imidazole rings is 1. The highest BCUT2D eigenvalue weighted by molar-refractivity contribution is 5.98. The molecular weight excluding hydrogens is 532 g/mol. The number of hydrogen-bond acceptors (Lipinski definition) is 3. The van der Waals surface area contributed by atoms with Crippen LogP contribution >= 0.6 is 0 Å². The van der Waals surface area contributed by atoms with Gasteiger partial charge >= 0.3 is 0 Å². The first-order valence-electron chi connectivity index (χ1n) is 16.5. The summed E-state index contributed by atoms with van der Waals surface area (Å²) in [6.45, 7) is 14.2. The fourth-order valence-electron chi connectivity index (χ4n) is 9.66. The molecule has 6 fully saturated rings. The molecule has 228 valence electrons. The van der Waals surface area contributed by atoms with E-state index < -0.39 is 0 Å². The zero-order valence-corrected chi connectivity index (χ0v) is 26.8. The number of nitrogens with zero attached hydrogens (tertiary/aromatic N) is 1. The van der Waals surface area contributed by atoms with Crippen LogP contribution in [0.25, 0.3) is 22.4 Å². The van der Waals surface area contributed by atoms with Crippen LogP contribution in [0.1, 0.15) is 114 Å². The minimum absolute atomic E-state index is 0.00446. The lowest BCUT2D eigenvalue weighted by atomic mass is 9.47. The molecule has 6 unspecified atom stereocenters. The lowest BCUT2D eigenvalue weighted by molar-refractivity contribution is -0.0783. The summed E-state index contributed by atoms with van der Waals surface area (Å²) >= 11 is 0. The summed E-state index contributed by atoms with van der Waals surface area (Å²) in [4.78, 5) is 34.9. The molecule has 1 aromatic heterocycles. The zero-order valence-electron chi connectivity index (χ0n) is 26.8. The summed E-state index contributed by atoms with van der Waals surface area (Å²) in [6.07, 6.45) is 9.59. The van der Waals surface area contributed by atoms with Crippen molar-refractivity contribution in [2.75, 3.05) is 0 Å². The van der Waals surface area contributed by atoms with Crippen LogP contribution in [-0.2, 0) is 0 Å². The van der Waals surface area contributed by atoms with E-state index in [9.17, 15) is 9.59 Å². The molecule has 2 amide bonds. The lowest BCUT2D eigenvalue weighted by Crippen LogP contribution is -2.60. The predicted octanol–water partition coefficient (Wildman–Crippen LogP) is 7.90. The van der Waals surface area contributed by atoms with Gasteiger partial charge in [-0.15, -0.1) is 0 Å². The summed E-state index contributed by atoms with van der Waals surface area (Å²) in [5.74, 6) is 2.14. The number of rotatable bonds is 5. The Morgan fingerprint density at radius 3 is 1.79 bits per heavy atom. The first-order chi connectivity index (χ1) is 20.3. The van der Waals surface area contributed by atoms with Crippen molar-refractivity contribution >= 4 is 22.8 Å². The van der Waals surface area contributed by atoms with E-state index in [-0.39, 0.29) is 45.6 Å². The van der Waals surface area contributed by atoms with Gasteiger partial charge in [0.1, 0.15) is 5.82 Å². The summed E-state index contributed by atoms with van der Waals surface area (Å²) < 4.78 is 0. The fraction of sp³-hybridized carbons (Fsp3) is 0.595. The summed E-state index contributed by atoms with van der Waals surface area (Å²) in [5.41, 5.74) is 4.61. The van der Waals surface area contributed by atoms with Gasteiger partial charge in [-0.1, -0.05) is 53.7 Å². The Bertz CT molecular complexity index is 1590. The molecular formula is C37H48N4O2. The molecule has 6 saturated carbocycles. The number of benzene rings is 2. The van der Waals surface area contributed by atoms with Crippen LogP contribution in [0.5, 0.6) is 0 Å². The Morgan fingerprint density at radius 1 is 0.744 bits per heavy atom. The van der Waals surface area contributed by atoms with Crippen LogP contribution in [0, 0.1) is 33.5 Å². The molecule has 1 heterocycles. The van der Waals surface area contributed by atoms with Gasteiger partial charge in [-0.3, -0.25) is 9.59 Å². The molecule has 6 aliphatic carbocycles. The molecule has 43 heavy (non-hydrogen) atoms. The van der Waals surface area contributed by atoms with Crippen molar-refractivity contribution in [1.29, 1.82) is 0 Å². The molecule has 4 bridgehead atoms. The van der Waals surface area contributed by atoms with Gasteiger partial charge in [0.25, 0.3) is 11.8 Å². The van der Waals surface area contributed by atoms with E-state index in [4.69, 9.17) is 4.98 Å². The van der Waals surface area contributed by atoms with Gasteiger partial charge in [0, 0.05) is 28.8 Å². The van der Waals surface area contributed by atoms with Gasteiger partial charge in [0.15, 0.2) is 0 Å². The van der Waals surface area contributed by atoms with Crippen LogP contribution in [0.15, 0.2) is 42.5 Å². The number of amides is 2. The van der Waals surface area contributed by atoms with Crippen LogP contribution in [0.2, 0.25) is 0 Å². The van der Waals surface area contributed by atoms with Crippen molar-refractivity contribution in [2.24, 2.45) is 33.5 Å². The molecule has 6 aliphatic rings. The first kappa shape index (κ1) is 28.6. The number of nitrogens with one attached hydrogen (secondary N) is 3. The van der Waals surface area contributed by atoms with Crippen molar-refractivity contribution < 1.29 is 9.59 Å². The fourth-order valence-corrected chi connectivity index (χ4v) is 9.66. The normalized spacial score (nSPS) is 33.8. The van der Waals surface area contributed by atoms with E-state index in [0.717, 1.165) is 35.3 Å².